The summed E-state index contributed by atoms with van der Waals surface area (Å²) in [5.41, 5.74) is -0.0533. The number of nitrogens with one attached hydrogen (secondary N) is 1. The number of aliphatic hydroxyl groups is 1. The van der Waals surface area contributed by atoms with Crippen LogP contribution < -0.4 is 5.32 Å². The first-order chi connectivity index (χ1) is 10.5. The van der Waals surface area contributed by atoms with Crippen molar-refractivity contribution in [2.24, 2.45) is 5.92 Å². The van der Waals surface area contributed by atoms with Crippen LogP contribution in [-0.2, 0) is 16.0 Å². The Hall–Kier alpha value is -1.46. The van der Waals surface area contributed by atoms with Gasteiger partial charge < -0.3 is 15.2 Å². The summed E-state index contributed by atoms with van der Waals surface area (Å²) in [6.45, 7) is 1.23. The predicted octanol–water partition coefficient (Wildman–Crippen LogP) is 1.80. The molecule has 1 saturated heterocycles. The lowest BCUT2D eigenvalue weighted by atomic mass is 9.72. The van der Waals surface area contributed by atoms with E-state index < -0.39 is 5.60 Å². The quantitative estimate of drug-likeness (QED) is 0.892. The molecule has 1 aromatic carbocycles. The summed E-state index contributed by atoms with van der Waals surface area (Å²) in [5.74, 6) is -0.328. The van der Waals surface area contributed by atoms with Crippen LogP contribution in [0.4, 0.5) is 4.39 Å². The normalized spacial score (nSPS) is 31.4. The molecular weight excluding hydrogens is 285 g/mol. The number of carbonyl (C=O) groups excluding carboxylic acids is 1. The molecular formula is C17H22FNO3. The Labute approximate surface area is 129 Å². The van der Waals surface area contributed by atoms with Gasteiger partial charge in [0, 0.05) is 19.1 Å². The zero-order chi connectivity index (χ0) is 15.6. The first-order valence-corrected chi connectivity index (χ1v) is 7.89. The fourth-order valence-electron chi connectivity index (χ4n) is 3.40. The van der Waals surface area contributed by atoms with Crippen LogP contribution >= 0.6 is 0 Å². The smallest absolute Gasteiger partial charge is 0.225 e. The highest BCUT2D eigenvalue weighted by Gasteiger charge is 2.43. The Balaban J connectivity index is 1.47. The van der Waals surface area contributed by atoms with Crippen molar-refractivity contribution in [2.75, 3.05) is 13.2 Å². The van der Waals surface area contributed by atoms with Crippen molar-refractivity contribution < 1.29 is 19.0 Å². The van der Waals surface area contributed by atoms with Gasteiger partial charge in [0.2, 0.25) is 5.91 Å². The fraction of sp³-hybridized carbons (Fsp3) is 0.588. The van der Waals surface area contributed by atoms with Gasteiger partial charge in [-0.1, -0.05) is 12.1 Å². The zero-order valence-electron chi connectivity index (χ0n) is 12.6. The molecule has 120 valence electrons. The highest BCUT2D eigenvalue weighted by Crippen LogP contribution is 2.35. The minimum Gasteiger partial charge on any atom is -0.389 e. The average Bonchev–Trinajstić information content (AvgIpc) is 2.46. The van der Waals surface area contributed by atoms with Crippen LogP contribution in [-0.4, -0.2) is 35.9 Å². The number of halogens is 1. The highest BCUT2D eigenvalue weighted by molar-refractivity contribution is 5.79. The number of carbonyl (C=O) groups is 1. The standard InChI is InChI=1S/C17H22FNO3/c18-14-5-1-3-12(7-14)8-17(21)9-15(10-17)19-16(20)13-4-2-6-22-11-13/h1,3,5,7,13,15,21H,2,4,6,8-11H2,(H,19,20). The molecule has 1 aliphatic heterocycles. The van der Waals surface area contributed by atoms with Crippen molar-refractivity contribution in [1.29, 1.82) is 0 Å². The molecule has 1 aliphatic carbocycles. The number of hydrogen-bond acceptors (Lipinski definition) is 3. The molecule has 1 heterocycles. The van der Waals surface area contributed by atoms with Crippen LogP contribution in [0.1, 0.15) is 31.2 Å². The molecule has 0 aromatic heterocycles. The van der Waals surface area contributed by atoms with Crippen molar-refractivity contribution in [3.05, 3.63) is 35.6 Å². The summed E-state index contributed by atoms with van der Waals surface area (Å²) in [7, 11) is 0. The van der Waals surface area contributed by atoms with Gasteiger partial charge in [-0.2, -0.15) is 0 Å². The van der Waals surface area contributed by atoms with E-state index in [0.717, 1.165) is 25.0 Å². The summed E-state index contributed by atoms with van der Waals surface area (Å²) in [5, 5.41) is 13.4. The van der Waals surface area contributed by atoms with Gasteiger partial charge >= 0.3 is 0 Å². The van der Waals surface area contributed by atoms with E-state index in [4.69, 9.17) is 4.74 Å². The average molecular weight is 307 g/mol. The van der Waals surface area contributed by atoms with E-state index in [1.807, 2.05) is 6.07 Å². The SMILES string of the molecule is O=C(NC1CC(O)(Cc2cccc(F)c2)C1)C1CCCOC1. The molecule has 1 saturated carbocycles. The molecule has 2 aliphatic rings. The number of ether oxygens (including phenoxy) is 1. The van der Waals surface area contributed by atoms with Crippen LogP contribution in [0.25, 0.3) is 0 Å². The summed E-state index contributed by atoms with van der Waals surface area (Å²) in [6, 6.07) is 6.31. The minimum atomic E-state index is -0.838. The van der Waals surface area contributed by atoms with E-state index in [1.165, 1.54) is 12.1 Å². The third-order valence-electron chi connectivity index (χ3n) is 4.55. The highest BCUT2D eigenvalue weighted by atomic mass is 19.1. The Morgan fingerprint density at radius 3 is 2.95 bits per heavy atom. The summed E-state index contributed by atoms with van der Waals surface area (Å²) in [4.78, 5) is 12.1. The Morgan fingerprint density at radius 1 is 1.45 bits per heavy atom. The summed E-state index contributed by atoms with van der Waals surface area (Å²) < 4.78 is 18.5. The van der Waals surface area contributed by atoms with Gasteiger partial charge in [0.25, 0.3) is 0 Å². The Morgan fingerprint density at radius 2 is 2.27 bits per heavy atom. The van der Waals surface area contributed by atoms with Gasteiger partial charge in [0.05, 0.1) is 18.1 Å². The van der Waals surface area contributed by atoms with Gasteiger partial charge in [-0.3, -0.25) is 4.79 Å². The van der Waals surface area contributed by atoms with Crippen LogP contribution in [0.2, 0.25) is 0 Å². The van der Waals surface area contributed by atoms with Crippen molar-refractivity contribution in [1.82, 2.24) is 5.32 Å². The molecule has 2 N–H and O–H groups in total. The molecule has 0 radical (unpaired) electrons. The van der Waals surface area contributed by atoms with E-state index in [0.29, 0.717) is 25.9 Å². The lowest BCUT2D eigenvalue weighted by Crippen LogP contribution is -2.57. The lowest BCUT2D eigenvalue weighted by molar-refractivity contribution is -0.133. The van der Waals surface area contributed by atoms with Gasteiger partial charge in [-0.25, -0.2) is 4.39 Å². The van der Waals surface area contributed by atoms with Crippen LogP contribution in [0, 0.1) is 11.7 Å². The van der Waals surface area contributed by atoms with Crippen molar-refractivity contribution >= 4 is 5.91 Å². The van der Waals surface area contributed by atoms with E-state index in [1.54, 1.807) is 6.07 Å². The minimum absolute atomic E-state index is 0.00739. The molecule has 1 atom stereocenters. The van der Waals surface area contributed by atoms with Gasteiger partial charge in [-0.15, -0.1) is 0 Å². The van der Waals surface area contributed by atoms with Gasteiger partial charge in [0.15, 0.2) is 0 Å². The lowest BCUT2D eigenvalue weighted by Gasteiger charge is -2.44. The van der Waals surface area contributed by atoms with Crippen LogP contribution in [0.3, 0.4) is 0 Å². The molecule has 1 amide bonds. The molecule has 3 rings (SSSR count). The first kappa shape index (κ1) is 15.4. The van der Waals surface area contributed by atoms with Crippen LogP contribution in [0.15, 0.2) is 24.3 Å². The molecule has 22 heavy (non-hydrogen) atoms. The second kappa shape index (κ2) is 6.34. The van der Waals surface area contributed by atoms with Crippen molar-refractivity contribution in [2.45, 2.75) is 43.7 Å². The second-order valence-corrected chi connectivity index (χ2v) is 6.56. The Bertz CT molecular complexity index is 536. The van der Waals surface area contributed by atoms with Gasteiger partial charge in [-0.05, 0) is 43.4 Å². The fourth-order valence-corrected chi connectivity index (χ4v) is 3.40. The third-order valence-corrected chi connectivity index (χ3v) is 4.55. The van der Waals surface area contributed by atoms with Crippen molar-refractivity contribution in [3.63, 3.8) is 0 Å². The number of rotatable bonds is 4. The summed E-state index contributed by atoms with van der Waals surface area (Å²) in [6.07, 6.45) is 3.24. The number of benzene rings is 1. The molecule has 1 unspecified atom stereocenters. The first-order valence-electron chi connectivity index (χ1n) is 7.89. The zero-order valence-corrected chi connectivity index (χ0v) is 12.6. The van der Waals surface area contributed by atoms with Crippen molar-refractivity contribution in [3.8, 4) is 0 Å². The molecule has 4 nitrogen and oxygen atoms in total. The maximum atomic E-state index is 13.2. The van der Waals surface area contributed by atoms with Crippen LogP contribution in [0.5, 0.6) is 0 Å². The monoisotopic (exact) mass is 307 g/mol. The second-order valence-electron chi connectivity index (χ2n) is 6.56. The molecule has 0 bridgehead atoms. The summed E-state index contributed by atoms with van der Waals surface area (Å²) >= 11 is 0. The van der Waals surface area contributed by atoms with E-state index in [9.17, 15) is 14.3 Å². The third kappa shape index (κ3) is 3.65. The molecule has 2 fully saturated rings. The van der Waals surface area contributed by atoms with Gasteiger partial charge in [0.1, 0.15) is 5.82 Å². The maximum absolute atomic E-state index is 13.2. The molecule has 5 heteroatoms. The maximum Gasteiger partial charge on any atom is 0.225 e. The van der Waals surface area contributed by atoms with E-state index >= 15 is 0 Å². The van der Waals surface area contributed by atoms with E-state index in [2.05, 4.69) is 5.32 Å². The number of amides is 1. The molecule has 0 spiro atoms. The number of hydrogen-bond donors (Lipinski definition) is 2. The predicted molar refractivity (Wildman–Crippen MR) is 79.8 cm³/mol. The topological polar surface area (TPSA) is 58.6 Å². The largest absolute Gasteiger partial charge is 0.389 e. The Kier molecular flexibility index (Phi) is 4.45. The molecule has 1 aromatic rings. The van der Waals surface area contributed by atoms with E-state index in [-0.39, 0.29) is 23.7 Å².